The fourth-order valence-electron chi connectivity index (χ4n) is 3.80. The van der Waals surface area contributed by atoms with Crippen LogP contribution in [0.1, 0.15) is 48.7 Å². The van der Waals surface area contributed by atoms with Crippen molar-refractivity contribution in [3.63, 3.8) is 0 Å². The van der Waals surface area contributed by atoms with Gasteiger partial charge in [-0.05, 0) is 38.3 Å². The van der Waals surface area contributed by atoms with Gasteiger partial charge in [-0.3, -0.25) is 4.79 Å². The quantitative estimate of drug-likeness (QED) is 0.654. The lowest BCUT2D eigenvalue weighted by Crippen LogP contribution is -2.25. The average Bonchev–Trinajstić information content (AvgIpc) is 2.55. The van der Waals surface area contributed by atoms with Gasteiger partial charge in [0.25, 0.3) is 0 Å². The van der Waals surface area contributed by atoms with Gasteiger partial charge in [0.05, 0.1) is 0 Å². The highest BCUT2D eigenvalue weighted by Gasteiger charge is 2.32. The number of ketones is 1. The lowest BCUT2D eigenvalue weighted by molar-refractivity contribution is 0.103. The smallest absolute Gasteiger partial charge is 0.193 e. The van der Waals surface area contributed by atoms with Gasteiger partial charge in [-0.25, -0.2) is 0 Å². The highest BCUT2D eigenvalue weighted by molar-refractivity contribution is 6.12. The second-order valence-corrected chi connectivity index (χ2v) is 7.14. The monoisotopic (exact) mass is 316 g/mol. The van der Waals surface area contributed by atoms with Crippen LogP contribution in [-0.4, -0.2) is 5.78 Å². The lowest BCUT2D eigenvalue weighted by atomic mass is 9.70. The minimum absolute atomic E-state index is 0.0491. The summed E-state index contributed by atoms with van der Waals surface area (Å²) in [6, 6.07) is 18.4. The minimum atomic E-state index is -0.0491. The number of carbonyl (C=O) groups is 1. The Balaban J connectivity index is 1.97. The van der Waals surface area contributed by atoms with Crippen LogP contribution in [0.5, 0.6) is 0 Å². The number of hydrogen-bond donors (Lipinski definition) is 0. The van der Waals surface area contributed by atoms with Gasteiger partial charge >= 0.3 is 0 Å². The van der Waals surface area contributed by atoms with Gasteiger partial charge in [0.2, 0.25) is 0 Å². The zero-order chi connectivity index (χ0) is 17.3. The fraction of sp³-hybridized carbons (Fsp3) is 0.261. The van der Waals surface area contributed by atoms with Crippen molar-refractivity contribution >= 4 is 5.78 Å². The maximum absolute atomic E-state index is 13.0. The predicted octanol–water partition coefficient (Wildman–Crippen LogP) is 5.80. The number of aryl methyl sites for hydroxylation is 1. The number of benzene rings is 2. The number of allylic oxidation sites excluding steroid dienone is 4. The lowest BCUT2D eigenvalue weighted by Gasteiger charge is -2.33. The zero-order valence-electron chi connectivity index (χ0n) is 14.9. The Bertz CT molecular complexity index is 822. The molecule has 2 aromatic carbocycles. The molecule has 2 aromatic rings. The van der Waals surface area contributed by atoms with Gasteiger partial charge in [0.15, 0.2) is 5.78 Å². The summed E-state index contributed by atoms with van der Waals surface area (Å²) in [5.41, 5.74) is 6.32. The molecule has 3 rings (SSSR count). The molecule has 0 amide bonds. The second-order valence-electron chi connectivity index (χ2n) is 7.14. The summed E-state index contributed by atoms with van der Waals surface area (Å²) in [6.07, 6.45) is 3.14. The van der Waals surface area contributed by atoms with Gasteiger partial charge in [-0.2, -0.15) is 0 Å². The van der Waals surface area contributed by atoms with Crippen molar-refractivity contribution in [3.05, 3.63) is 94.1 Å². The molecule has 1 atom stereocenters. The Labute approximate surface area is 144 Å². The molecule has 0 spiro atoms. The first-order valence-electron chi connectivity index (χ1n) is 8.47. The summed E-state index contributed by atoms with van der Waals surface area (Å²) >= 11 is 0. The molecule has 0 bridgehead atoms. The van der Waals surface area contributed by atoms with Crippen molar-refractivity contribution in [2.45, 2.75) is 39.5 Å². The topological polar surface area (TPSA) is 17.1 Å². The molecule has 24 heavy (non-hydrogen) atoms. The van der Waals surface area contributed by atoms with Crippen LogP contribution in [0.15, 0.2) is 77.4 Å². The molecular weight excluding hydrogens is 292 g/mol. The highest BCUT2D eigenvalue weighted by atomic mass is 16.1. The van der Waals surface area contributed by atoms with Crippen LogP contribution < -0.4 is 0 Å². The maximum atomic E-state index is 13.0. The summed E-state index contributed by atoms with van der Waals surface area (Å²) in [6.45, 7) is 8.45. The van der Waals surface area contributed by atoms with Crippen LogP contribution in [0.25, 0.3) is 0 Å². The van der Waals surface area contributed by atoms with Crippen molar-refractivity contribution in [3.8, 4) is 0 Å². The zero-order valence-corrected chi connectivity index (χ0v) is 14.9. The highest BCUT2D eigenvalue weighted by Crippen LogP contribution is 2.40. The van der Waals surface area contributed by atoms with Crippen LogP contribution in [0.4, 0.5) is 0 Å². The Morgan fingerprint density at radius 1 is 0.917 bits per heavy atom. The molecule has 0 radical (unpaired) electrons. The van der Waals surface area contributed by atoms with Crippen LogP contribution in [0.3, 0.4) is 0 Å². The van der Waals surface area contributed by atoms with Gasteiger partial charge in [-0.1, -0.05) is 78.7 Å². The van der Waals surface area contributed by atoms with E-state index >= 15 is 0 Å². The van der Waals surface area contributed by atoms with Gasteiger partial charge in [0.1, 0.15) is 0 Å². The summed E-state index contributed by atoms with van der Waals surface area (Å²) in [7, 11) is 0. The number of hydrogen-bond acceptors (Lipinski definition) is 1. The number of carbonyl (C=O) groups excluding carboxylic acids is 1. The van der Waals surface area contributed by atoms with Gasteiger partial charge in [-0.15, -0.1) is 0 Å². The molecule has 1 heteroatoms. The molecular formula is C23H24O. The molecule has 0 aromatic heterocycles. The van der Waals surface area contributed by atoms with Crippen molar-refractivity contribution < 1.29 is 4.79 Å². The first-order valence-corrected chi connectivity index (χ1v) is 8.47. The molecule has 0 heterocycles. The third-order valence-corrected chi connectivity index (χ3v) is 4.96. The van der Waals surface area contributed by atoms with E-state index in [1.165, 1.54) is 16.7 Å². The molecule has 0 saturated heterocycles. The Hall–Kier alpha value is -2.41. The number of rotatable bonds is 3. The first kappa shape index (κ1) is 16.4. The minimum Gasteiger partial charge on any atom is -0.289 e. The second kappa shape index (κ2) is 6.24. The molecule has 122 valence electrons. The average molecular weight is 316 g/mol. The van der Waals surface area contributed by atoms with Crippen molar-refractivity contribution in [2.75, 3.05) is 0 Å². The molecule has 0 saturated carbocycles. The van der Waals surface area contributed by atoms with Crippen LogP contribution >= 0.6 is 0 Å². The summed E-state index contributed by atoms with van der Waals surface area (Å²) in [5.74, 6) is 0.136. The Morgan fingerprint density at radius 2 is 1.54 bits per heavy atom. The third-order valence-electron chi connectivity index (χ3n) is 4.96. The van der Waals surface area contributed by atoms with E-state index in [0.29, 0.717) is 0 Å². The third kappa shape index (κ3) is 2.99. The summed E-state index contributed by atoms with van der Waals surface area (Å²) in [4.78, 5) is 13.0. The molecule has 0 aliphatic heterocycles. The Kier molecular flexibility index (Phi) is 4.28. The molecule has 0 fully saturated rings. The van der Waals surface area contributed by atoms with E-state index < -0.39 is 0 Å². The number of Topliss-reactive ketones (excluding diaryl/α,β-unsaturated/α-hetero) is 1. The van der Waals surface area contributed by atoms with Crippen LogP contribution in [0.2, 0.25) is 0 Å². The van der Waals surface area contributed by atoms with Gasteiger partial charge < -0.3 is 0 Å². The SMILES string of the molecule is CC1=CC(C)(c2ccccc2)CC(C)=C1C(=O)c1ccc(C)cc1. The largest absolute Gasteiger partial charge is 0.289 e. The molecule has 1 aliphatic carbocycles. The standard InChI is InChI=1S/C23H24O/c1-16-10-12-19(13-11-16)22(24)21-17(2)14-23(4,15-18(21)3)20-8-6-5-7-9-20/h5-14H,15H2,1-4H3. The molecule has 1 aliphatic rings. The van der Waals surface area contributed by atoms with Crippen molar-refractivity contribution in [1.82, 2.24) is 0 Å². The Morgan fingerprint density at radius 3 is 2.12 bits per heavy atom. The summed E-state index contributed by atoms with van der Waals surface area (Å²) in [5, 5.41) is 0. The van der Waals surface area contributed by atoms with Crippen molar-refractivity contribution in [1.29, 1.82) is 0 Å². The van der Waals surface area contributed by atoms with E-state index in [9.17, 15) is 4.79 Å². The molecule has 1 nitrogen and oxygen atoms in total. The fourth-order valence-corrected chi connectivity index (χ4v) is 3.80. The van der Waals surface area contributed by atoms with E-state index in [2.05, 4.69) is 51.1 Å². The molecule has 0 N–H and O–H groups in total. The van der Waals surface area contributed by atoms with E-state index in [4.69, 9.17) is 0 Å². The van der Waals surface area contributed by atoms with Crippen molar-refractivity contribution in [2.24, 2.45) is 0 Å². The van der Waals surface area contributed by atoms with E-state index in [1.807, 2.05) is 37.3 Å². The van der Waals surface area contributed by atoms with E-state index in [0.717, 1.165) is 23.1 Å². The van der Waals surface area contributed by atoms with E-state index in [1.54, 1.807) is 0 Å². The van der Waals surface area contributed by atoms with Crippen LogP contribution in [-0.2, 0) is 5.41 Å². The molecule has 1 unspecified atom stereocenters. The maximum Gasteiger partial charge on any atom is 0.193 e. The normalized spacial score (nSPS) is 20.8. The summed E-state index contributed by atoms with van der Waals surface area (Å²) < 4.78 is 0. The van der Waals surface area contributed by atoms with Crippen LogP contribution in [0, 0.1) is 6.92 Å². The predicted molar refractivity (Wildman–Crippen MR) is 100 cm³/mol. The van der Waals surface area contributed by atoms with E-state index in [-0.39, 0.29) is 11.2 Å². The van der Waals surface area contributed by atoms with Gasteiger partial charge in [0, 0.05) is 16.6 Å². The first-order chi connectivity index (χ1) is 11.4.